The molecule has 1 fully saturated rings. The van der Waals surface area contributed by atoms with Crippen molar-refractivity contribution in [1.82, 2.24) is 10.2 Å². The van der Waals surface area contributed by atoms with Gasteiger partial charge in [0.2, 0.25) is 0 Å². The van der Waals surface area contributed by atoms with Crippen molar-refractivity contribution < 1.29 is 4.39 Å². The third kappa shape index (κ3) is 4.02. The minimum Gasteiger partial charge on any atom is -0.313 e. The van der Waals surface area contributed by atoms with Gasteiger partial charge in [0.1, 0.15) is 5.82 Å². The standard InChI is InChI=1S/C16H25FN2/c1-12(2)18-10-16-5-4-8-19(16)11-14-9-15(17)7-6-13(14)3/h6-7,9,12,16,18H,4-5,8,10-11H2,1-3H3. The van der Waals surface area contributed by atoms with E-state index in [-0.39, 0.29) is 5.82 Å². The Balaban J connectivity index is 1.98. The molecule has 1 aromatic rings. The van der Waals surface area contributed by atoms with Gasteiger partial charge in [-0.3, -0.25) is 4.90 Å². The van der Waals surface area contributed by atoms with Crippen LogP contribution in [0.2, 0.25) is 0 Å². The number of likely N-dealkylation sites (tertiary alicyclic amines) is 1. The smallest absolute Gasteiger partial charge is 0.123 e. The van der Waals surface area contributed by atoms with Crippen molar-refractivity contribution in [2.24, 2.45) is 0 Å². The van der Waals surface area contributed by atoms with Crippen LogP contribution < -0.4 is 5.32 Å². The van der Waals surface area contributed by atoms with Crippen LogP contribution in [0.4, 0.5) is 4.39 Å². The molecule has 1 aliphatic rings. The summed E-state index contributed by atoms with van der Waals surface area (Å²) in [6.45, 7) is 9.44. The van der Waals surface area contributed by atoms with Crippen molar-refractivity contribution in [2.45, 2.75) is 52.2 Å². The van der Waals surface area contributed by atoms with Gasteiger partial charge in [0.15, 0.2) is 0 Å². The number of nitrogens with one attached hydrogen (secondary N) is 1. The summed E-state index contributed by atoms with van der Waals surface area (Å²) in [5, 5.41) is 3.51. The van der Waals surface area contributed by atoms with Gasteiger partial charge in [0, 0.05) is 25.2 Å². The van der Waals surface area contributed by atoms with Crippen LogP contribution in [0.1, 0.15) is 37.8 Å². The predicted molar refractivity (Wildman–Crippen MR) is 77.7 cm³/mol. The van der Waals surface area contributed by atoms with Crippen molar-refractivity contribution in [3.63, 3.8) is 0 Å². The fourth-order valence-electron chi connectivity index (χ4n) is 2.74. The van der Waals surface area contributed by atoms with E-state index in [9.17, 15) is 4.39 Å². The Morgan fingerprint density at radius 3 is 2.95 bits per heavy atom. The molecule has 0 aliphatic carbocycles. The highest BCUT2D eigenvalue weighted by molar-refractivity contribution is 5.26. The maximum atomic E-state index is 13.3. The molecule has 1 aromatic carbocycles. The van der Waals surface area contributed by atoms with Crippen LogP contribution in [0.15, 0.2) is 18.2 Å². The molecule has 3 heteroatoms. The van der Waals surface area contributed by atoms with E-state index in [0.29, 0.717) is 12.1 Å². The fourth-order valence-corrected chi connectivity index (χ4v) is 2.74. The van der Waals surface area contributed by atoms with Gasteiger partial charge in [-0.1, -0.05) is 19.9 Å². The van der Waals surface area contributed by atoms with E-state index in [1.54, 1.807) is 12.1 Å². The maximum absolute atomic E-state index is 13.3. The molecule has 1 N–H and O–H groups in total. The molecule has 0 radical (unpaired) electrons. The average molecular weight is 264 g/mol. The lowest BCUT2D eigenvalue weighted by atomic mass is 10.1. The van der Waals surface area contributed by atoms with E-state index in [0.717, 1.165) is 25.2 Å². The van der Waals surface area contributed by atoms with Crippen LogP contribution in [-0.4, -0.2) is 30.1 Å². The second-order valence-electron chi connectivity index (χ2n) is 5.90. The van der Waals surface area contributed by atoms with Crippen LogP contribution >= 0.6 is 0 Å². The zero-order chi connectivity index (χ0) is 13.8. The number of hydrogen-bond acceptors (Lipinski definition) is 2. The van der Waals surface area contributed by atoms with Crippen molar-refractivity contribution in [3.05, 3.63) is 35.1 Å². The monoisotopic (exact) mass is 264 g/mol. The van der Waals surface area contributed by atoms with Crippen molar-refractivity contribution >= 4 is 0 Å². The molecule has 1 heterocycles. The van der Waals surface area contributed by atoms with Crippen LogP contribution in [0.3, 0.4) is 0 Å². The summed E-state index contributed by atoms with van der Waals surface area (Å²) in [6, 6.07) is 6.21. The topological polar surface area (TPSA) is 15.3 Å². The van der Waals surface area contributed by atoms with Gasteiger partial charge in [0.05, 0.1) is 0 Å². The first kappa shape index (κ1) is 14.5. The van der Waals surface area contributed by atoms with Crippen LogP contribution in [0, 0.1) is 12.7 Å². The largest absolute Gasteiger partial charge is 0.313 e. The second kappa shape index (κ2) is 6.49. The molecular formula is C16H25FN2. The van der Waals surface area contributed by atoms with E-state index in [2.05, 4.69) is 31.0 Å². The number of nitrogens with zero attached hydrogens (tertiary/aromatic N) is 1. The minimum absolute atomic E-state index is 0.128. The normalized spacial score (nSPS) is 20.4. The molecule has 1 atom stereocenters. The van der Waals surface area contributed by atoms with Crippen molar-refractivity contribution in [3.8, 4) is 0 Å². The maximum Gasteiger partial charge on any atom is 0.123 e. The van der Waals surface area contributed by atoms with Crippen molar-refractivity contribution in [2.75, 3.05) is 13.1 Å². The Kier molecular flexibility index (Phi) is 4.94. The second-order valence-corrected chi connectivity index (χ2v) is 5.90. The highest BCUT2D eigenvalue weighted by atomic mass is 19.1. The summed E-state index contributed by atoms with van der Waals surface area (Å²) in [7, 11) is 0. The first-order chi connectivity index (χ1) is 9.06. The summed E-state index contributed by atoms with van der Waals surface area (Å²) in [5.74, 6) is -0.128. The molecule has 2 nitrogen and oxygen atoms in total. The Bertz CT molecular complexity index is 417. The first-order valence-electron chi connectivity index (χ1n) is 7.28. The van der Waals surface area contributed by atoms with Crippen molar-refractivity contribution in [1.29, 1.82) is 0 Å². The molecule has 1 aliphatic heterocycles. The SMILES string of the molecule is Cc1ccc(F)cc1CN1CCCC1CNC(C)C. The summed E-state index contributed by atoms with van der Waals surface area (Å²) in [6.07, 6.45) is 2.49. The number of aryl methyl sites for hydroxylation is 1. The lowest BCUT2D eigenvalue weighted by Gasteiger charge is -2.26. The lowest BCUT2D eigenvalue weighted by molar-refractivity contribution is 0.235. The fraction of sp³-hybridized carbons (Fsp3) is 0.625. The molecule has 1 saturated heterocycles. The third-order valence-corrected chi connectivity index (χ3v) is 3.95. The Hall–Kier alpha value is -0.930. The molecule has 106 valence electrons. The molecule has 2 rings (SSSR count). The quantitative estimate of drug-likeness (QED) is 0.879. The summed E-state index contributed by atoms with van der Waals surface area (Å²) in [4.78, 5) is 2.48. The highest BCUT2D eigenvalue weighted by Crippen LogP contribution is 2.21. The van der Waals surface area contributed by atoms with E-state index in [1.165, 1.54) is 18.4 Å². The van der Waals surface area contributed by atoms with E-state index >= 15 is 0 Å². The summed E-state index contributed by atoms with van der Waals surface area (Å²) < 4.78 is 13.3. The van der Waals surface area contributed by atoms with Gasteiger partial charge in [0.25, 0.3) is 0 Å². The lowest BCUT2D eigenvalue weighted by Crippen LogP contribution is -2.39. The Labute approximate surface area is 116 Å². The zero-order valence-electron chi connectivity index (χ0n) is 12.2. The number of halogens is 1. The Morgan fingerprint density at radius 1 is 1.42 bits per heavy atom. The molecule has 1 unspecified atom stereocenters. The minimum atomic E-state index is -0.128. The van der Waals surface area contributed by atoms with Gasteiger partial charge >= 0.3 is 0 Å². The molecule has 0 spiro atoms. The van der Waals surface area contributed by atoms with Crippen LogP contribution in [0.5, 0.6) is 0 Å². The molecular weight excluding hydrogens is 239 g/mol. The van der Waals surface area contributed by atoms with E-state index in [4.69, 9.17) is 0 Å². The average Bonchev–Trinajstić information content (AvgIpc) is 2.79. The Morgan fingerprint density at radius 2 is 2.21 bits per heavy atom. The van der Waals surface area contributed by atoms with Crippen LogP contribution in [0.25, 0.3) is 0 Å². The van der Waals surface area contributed by atoms with E-state index in [1.807, 2.05) is 6.07 Å². The predicted octanol–water partition coefficient (Wildman–Crippen LogP) is 3.10. The van der Waals surface area contributed by atoms with Crippen LogP contribution in [-0.2, 0) is 6.54 Å². The summed E-state index contributed by atoms with van der Waals surface area (Å²) >= 11 is 0. The first-order valence-corrected chi connectivity index (χ1v) is 7.28. The number of rotatable bonds is 5. The van der Waals surface area contributed by atoms with Gasteiger partial charge in [-0.25, -0.2) is 4.39 Å². The van der Waals surface area contributed by atoms with Gasteiger partial charge in [-0.15, -0.1) is 0 Å². The molecule has 0 amide bonds. The molecule has 19 heavy (non-hydrogen) atoms. The number of benzene rings is 1. The zero-order valence-corrected chi connectivity index (χ0v) is 12.2. The number of hydrogen-bond donors (Lipinski definition) is 1. The molecule has 0 saturated carbocycles. The third-order valence-electron chi connectivity index (χ3n) is 3.95. The highest BCUT2D eigenvalue weighted by Gasteiger charge is 2.24. The molecule has 0 bridgehead atoms. The summed E-state index contributed by atoms with van der Waals surface area (Å²) in [5.41, 5.74) is 2.31. The molecule has 0 aromatic heterocycles. The van der Waals surface area contributed by atoms with Gasteiger partial charge < -0.3 is 5.32 Å². The van der Waals surface area contributed by atoms with Gasteiger partial charge in [-0.05, 0) is 49.6 Å². The van der Waals surface area contributed by atoms with Gasteiger partial charge in [-0.2, -0.15) is 0 Å². The van der Waals surface area contributed by atoms with E-state index < -0.39 is 0 Å².